The number of rotatable bonds is 6. The number of ketones is 1. The van der Waals surface area contributed by atoms with Crippen LogP contribution >= 0.6 is 0 Å². The van der Waals surface area contributed by atoms with Gasteiger partial charge in [0.2, 0.25) is 0 Å². The number of H-pyrrole nitrogens is 1. The summed E-state index contributed by atoms with van der Waals surface area (Å²) in [5, 5.41) is 4.16. The fourth-order valence-electron chi connectivity index (χ4n) is 2.08. The maximum absolute atomic E-state index is 9.44. The van der Waals surface area contributed by atoms with Crippen molar-refractivity contribution >= 4 is 23.9 Å². The Kier molecular flexibility index (Phi) is 14.9. The Labute approximate surface area is 199 Å². The van der Waals surface area contributed by atoms with Gasteiger partial charge in [0.15, 0.2) is 5.82 Å². The fraction of sp³-hybridized carbons (Fsp3) is 0.385. The van der Waals surface area contributed by atoms with Crippen molar-refractivity contribution in [3.8, 4) is 11.4 Å². The molecule has 2 aromatic heterocycles. The van der Waals surface area contributed by atoms with Crippen LogP contribution in [0, 0.1) is 5.41 Å². The molecule has 0 aliphatic heterocycles. The highest BCUT2D eigenvalue weighted by Gasteiger charge is 2.16. The van der Waals surface area contributed by atoms with Crippen molar-refractivity contribution in [2.75, 3.05) is 7.05 Å². The maximum atomic E-state index is 9.44. The second-order valence-electron chi connectivity index (χ2n) is 7.87. The molecule has 0 saturated carbocycles. The van der Waals surface area contributed by atoms with Crippen LogP contribution in [-0.2, 0) is 11.8 Å². The molecular weight excluding hydrogens is 412 g/mol. The molecule has 0 amide bonds. The van der Waals surface area contributed by atoms with Gasteiger partial charge in [-0.15, -0.1) is 0 Å². The molecular formula is C26H42N6O. The van der Waals surface area contributed by atoms with Crippen LogP contribution < -0.4 is 5.73 Å². The van der Waals surface area contributed by atoms with E-state index in [4.69, 9.17) is 0 Å². The molecule has 0 fully saturated rings. The molecule has 7 heteroatoms. The number of Topliss-reactive ketones (excluding diaryl/α,β-unsaturated/α-hetero) is 1. The summed E-state index contributed by atoms with van der Waals surface area (Å²) in [5.74, 6) is 1.33. The molecule has 0 bridgehead atoms. The molecule has 3 N–H and O–H groups in total. The molecule has 0 aliphatic carbocycles. The summed E-state index contributed by atoms with van der Waals surface area (Å²) in [6, 6.07) is 0. The summed E-state index contributed by atoms with van der Waals surface area (Å²) in [7, 11) is 3.35. The first-order valence-corrected chi connectivity index (χ1v) is 10.7. The Bertz CT molecular complexity index is 963. The van der Waals surface area contributed by atoms with Crippen molar-refractivity contribution in [1.82, 2.24) is 19.7 Å². The van der Waals surface area contributed by atoms with E-state index in [9.17, 15) is 4.79 Å². The van der Waals surface area contributed by atoms with E-state index in [1.165, 1.54) is 20.9 Å². The van der Waals surface area contributed by atoms with Crippen molar-refractivity contribution in [1.29, 1.82) is 0 Å². The van der Waals surface area contributed by atoms with E-state index < -0.39 is 0 Å². The van der Waals surface area contributed by atoms with Gasteiger partial charge in [-0.2, -0.15) is 5.10 Å². The molecule has 2 heterocycles. The van der Waals surface area contributed by atoms with E-state index >= 15 is 0 Å². The molecule has 0 aliphatic rings. The van der Waals surface area contributed by atoms with E-state index in [0.29, 0.717) is 22.9 Å². The van der Waals surface area contributed by atoms with Gasteiger partial charge in [-0.25, -0.2) is 9.98 Å². The van der Waals surface area contributed by atoms with Crippen LogP contribution in [0.15, 0.2) is 60.4 Å². The Morgan fingerprint density at radius 3 is 2.06 bits per heavy atom. The molecule has 2 aromatic rings. The number of nitrogens with two attached hydrogens (primary N) is 1. The summed E-state index contributed by atoms with van der Waals surface area (Å²) < 4.78 is 1.72. The smallest absolute Gasteiger partial charge is 0.178 e. The molecule has 0 spiro atoms. The molecule has 0 atom stereocenters. The first-order chi connectivity index (χ1) is 15.4. The molecule has 0 saturated heterocycles. The van der Waals surface area contributed by atoms with E-state index in [1.807, 2.05) is 39.2 Å². The van der Waals surface area contributed by atoms with Gasteiger partial charge in [-0.3, -0.25) is 4.68 Å². The highest BCUT2D eigenvalue weighted by atomic mass is 16.1. The summed E-state index contributed by atoms with van der Waals surface area (Å²) in [6.45, 7) is 29.3. The van der Waals surface area contributed by atoms with E-state index in [-0.39, 0.29) is 11.2 Å². The molecule has 33 heavy (non-hydrogen) atoms. The highest BCUT2D eigenvalue weighted by molar-refractivity contribution is 5.84. The van der Waals surface area contributed by atoms with Gasteiger partial charge in [0.1, 0.15) is 11.6 Å². The number of aromatic amines is 1. The second-order valence-corrected chi connectivity index (χ2v) is 7.87. The van der Waals surface area contributed by atoms with Gasteiger partial charge in [0.25, 0.3) is 0 Å². The van der Waals surface area contributed by atoms with E-state index in [0.717, 1.165) is 16.7 Å². The number of nitrogens with one attached hydrogen (secondary N) is 1. The number of imidazole rings is 1. The van der Waals surface area contributed by atoms with Crippen LogP contribution in [0.2, 0.25) is 0 Å². The predicted molar refractivity (Wildman–Crippen MR) is 144 cm³/mol. The van der Waals surface area contributed by atoms with Gasteiger partial charge in [0, 0.05) is 18.8 Å². The number of allylic oxidation sites excluding steroid dienone is 5. The van der Waals surface area contributed by atoms with Crippen molar-refractivity contribution in [2.24, 2.45) is 23.2 Å². The lowest BCUT2D eigenvalue weighted by atomic mass is 9.87. The lowest BCUT2D eigenvalue weighted by Gasteiger charge is -2.18. The first kappa shape index (κ1) is 31.9. The maximum Gasteiger partial charge on any atom is 0.178 e. The number of aryl methyl sites for hydroxylation is 1. The van der Waals surface area contributed by atoms with Crippen molar-refractivity contribution in [3.63, 3.8) is 0 Å². The molecule has 0 radical (unpaired) electrons. The largest absolute Gasteiger partial charge is 0.336 e. The Hall–Kier alpha value is -3.32. The third-order valence-corrected chi connectivity index (χ3v) is 3.95. The minimum Gasteiger partial charge on any atom is -0.336 e. The minimum atomic E-state index is 0.00735. The number of carbonyl (C=O) groups is 1. The quantitative estimate of drug-likeness (QED) is 0.408. The Morgan fingerprint density at radius 2 is 1.67 bits per heavy atom. The summed E-state index contributed by atoms with van der Waals surface area (Å²) >= 11 is 0. The molecule has 7 nitrogen and oxygen atoms in total. The summed E-state index contributed by atoms with van der Waals surface area (Å²) in [5.41, 5.74) is 8.57. The van der Waals surface area contributed by atoms with Gasteiger partial charge in [0.05, 0.1) is 17.5 Å². The third kappa shape index (κ3) is 11.2. The first-order valence-electron chi connectivity index (χ1n) is 10.7. The van der Waals surface area contributed by atoms with Gasteiger partial charge in [-0.05, 0) is 44.2 Å². The summed E-state index contributed by atoms with van der Waals surface area (Å²) in [4.78, 5) is 21.2. The molecule has 0 aromatic carbocycles. The second kappa shape index (κ2) is 15.5. The predicted octanol–water partition coefficient (Wildman–Crippen LogP) is 6.07. The van der Waals surface area contributed by atoms with E-state index in [1.54, 1.807) is 10.9 Å². The van der Waals surface area contributed by atoms with Gasteiger partial charge < -0.3 is 15.5 Å². The molecule has 0 unspecified atom stereocenters. The zero-order valence-electron chi connectivity index (χ0n) is 21.9. The van der Waals surface area contributed by atoms with Crippen molar-refractivity contribution in [3.05, 3.63) is 61.1 Å². The number of carbonyl (C=O) groups excluding carboxylic acids is 1. The van der Waals surface area contributed by atoms with E-state index in [2.05, 4.69) is 73.0 Å². The monoisotopic (exact) mass is 454 g/mol. The van der Waals surface area contributed by atoms with Crippen LogP contribution in [0.3, 0.4) is 0 Å². The van der Waals surface area contributed by atoms with Gasteiger partial charge >= 0.3 is 0 Å². The van der Waals surface area contributed by atoms with Gasteiger partial charge in [-0.1, -0.05) is 66.5 Å². The van der Waals surface area contributed by atoms with Crippen molar-refractivity contribution < 1.29 is 4.79 Å². The average molecular weight is 455 g/mol. The number of aliphatic imine (C=N–C) groups is 1. The van der Waals surface area contributed by atoms with Crippen LogP contribution in [0.4, 0.5) is 5.82 Å². The standard InChI is InChI=1S/C20H25N5.C3H6O.C2H6.CH5N/c1-13(9-10-14(2)20(4,5)6)15(3)17-19(21-7)24-18(23-17)16-11-22-25(8)12-16;1-3(2)4;2*1-2/h9-12H,1-3,7H2,4-6,8H3,(H,23,24);1-2H3;1-2H3;2H2,1H3/b10-9-;;;. The normalized spacial score (nSPS) is 10.0. The number of hydrogen-bond acceptors (Lipinski definition) is 5. The molecule has 182 valence electrons. The minimum absolute atomic E-state index is 0.00735. The fourth-order valence-corrected chi connectivity index (χ4v) is 2.08. The Balaban J connectivity index is 0. The highest BCUT2D eigenvalue weighted by Crippen LogP contribution is 2.31. The zero-order chi connectivity index (χ0) is 26.4. The van der Waals surface area contributed by atoms with Crippen LogP contribution in [0.1, 0.15) is 54.2 Å². The zero-order valence-corrected chi connectivity index (χ0v) is 21.9. The van der Waals surface area contributed by atoms with Crippen LogP contribution in [-0.4, -0.2) is 39.3 Å². The number of hydrogen-bond donors (Lipinski definition) is 2. The topological polar surface area (TPSA) is 102 Å². The molecule has 2 rings (SSSR count). The van der Waals surface area contributed by atoms with Crippen LogP contribution in [0.25, 0.3) is 17.0 Å². The lowest BCUT2D eigenvalue weighted by molar-refractivity contribution is -0.114. The number of nitrogens with zero attached hydrogens (tertiary/aromatic N) is 4. The third-order valence-electron chi connectivity index (χ3n) is 3.95. The Morgan fingerprint density at radius 1 is 1.15 bits per heavy atom. The summed E-state index contributed by atoms with van der Waals surface area (Å²) in [6.07, 6.45) is 7.49. The lowest BCUT2D eigenvalue weighted by Crippen LogP contribution is -2.05. The van der Waals surface area contributed by atoms with Crippen molar-refractivity contribution in [2.45, 2.75) is 48.5 Å². The van der Waals surface area contributed by atoms with Crippen LogP contribution in [0.5, 0.6) is 0 Å². The average Bonchev–Trinajstić information content (AvgIpc) is 3.39. The SMILES string of the molecule is C=Nc1nc(-c2cnn(C)c2)[nH]c1C(=C)C(=C)/C=C\C(=C)C(C)(C)C.CC.CC(C)=O.CN. The number of aromatic nitrogens is 4.